The third-order valence-corrected chi connectivity index (χ3v) is 7.89. The normalized spacial score (nSPS) is 18.1. The quantitative estimate of drug-likeness (QED) is 0.567. The Morgan fingerprint density at radius 2 is 1.63 bits per heavy atom. The third kappa shape index (κ3) is 5.71. The largest absolute Gasteiger partial charge is 0.495 e. The molecule has 2 saturated heterocycles. The molecule has 3 amide bonds. The number of nitrogens with one attached hydrogen (secondary N) is 1. The van der Waals surface area contributed by atoms with E-state index in [9.17, 15) is 14.4 Å². The first-order valence-electron chi connectivity index (χ1n) is 13.4. The second-order valence-corrected chi connectivity index (χ2v) is 10.3. The van der Waals surface area contributed by atoms with E-state index < -0.39 is 0 Å². The number of Topliss-reactive ketones (excluding diaryl/α,β-unsaturated/α-hetero) is 1. The molecule has 202 valence electrons. The Morgan fingerprint density at radius 3 is 2.39 bits per heavy atom. The van der Waals surface area contributed by atoms with Gasteiger partial charge in [0.1, 0.15) is 5.75 Å². The highest BCUT2D eigenvalue weighted by Gasteiger charge is 2.42. The third-order valence-electron chi connectivity index (χ3n) is 7.89. The van der Waals surface area contributed by atoms with Crippen LogP contribution in [-0.2, 0) is 4.79 Å². The highest BCUT2D eigenvalue weighted by Crippen LogP contribution is 2.41. The fraction of sp³-hybridized carbons (Fsp3) is 0.483. The summed E-state index contributed by atoms with van der Waals surface area (Å²) in [4.78, 5) is 42.3. The average molecular weight is 522 g/mol. The summed E-state index contributed by atoms with van der Waals surface area (Å²) in [5.74, 6) is 1.81. The van der Waals surface area contributed by atoms with Crippen molar-refractivity contribution >= 4 is 23.4 Å². The molecule has 1 N–H and O–H groups in total. The number of carbonyl (C=O) groups excluding carboxylic acids is 3. The molecule has 0 aromatic heterocycles. The van der Waals surface area contributed by atoms with E-state index in [-0.39, 0.29) is 36.0 Å². The molecule has 0 aliphatic carbocycles. The number of likely N-dealkylation sites (tertiary alicyclic amines) is 2. The smallest absolute Gasteiger partial charge is 0.321 e. The Labute approximate surface area is 223 Å². The summed E-state index contributed by atoms with van der Waals surface area (Å²) in [6, 6.07) is 12.4. The molecule has 2 aromatic carbocycles. The molecule has 3 aliphatic rings. The summed E-state index contributed by atoms with van der Waals surface area (Å²) in [5, 5.41) is 2.95. The molecule has 2 aromatic rings. The Bertz CT molecular complexity index is 1190. The number of nitrogens with zero attached hydrogens (tertiary/aromatic N) is 2. The molecular weight excluding hydrogens is 486 g/mol. The van der Waals surface area contributed by atoms with Crippen molar-refractivity contribution < 1.29 is 28.6 Å². The molecular formula is C29H35N3O6. The number of hydrogen-bond acceptors (Lipinski definition) is 6. The zero-order chi connectivity index (χ0) is 26.5. The van der Waals surface area contributed by atoms with E-state index in [0.717, 1.165) is 25.7 Å². The van der Waals surface area contributed by atoms with Crippen molar-refractivity contribution in [3.05, 3.63) is 48.0 Å². The Kier molecular flexibility index (Phi) is 7.72. The second kappa shape index (κ2) is 11.3. The summed E-state index contributed by atoms with van der Waals surface area (Å²) < 4.78 is 16.6. The van der Waals surface area contributed by atoms with Crippen LogP contribution in [0.3, 0.4) is 0 Å². The lowest BCUT2D eigenvalue weighted by Crippen LogP contribution is -2.46. The van der Waals surface area contributed by atoms with Crippen LogP contribution in [0.2, 0.25) is 0 Å². The van der Waals surface area contributed by atoms with Crippen LogP contribution in [-0.4, -0.2) is 74.0 Å². The number of carbonyl (C=O) groups is 3. The first-order chi connectivity index (χ1) is 18.5. The van der Waals surface area contributed by atoms with Crippen LogP contribution in [0.5, 0.6) is 17.2 Å². The van der Waals surface area contributed by atoms with Crippen molar-refractivity contribution in [1.82, 2.24) is 9.80 Å². The zero-order valence-corrected chi connectivity index (χ0v) is 21.9. The van der Waals surface area contributed by atoms with Crippen LogP contribution in [0, 0.1) is 5.41 Å². The van der Waals surface area contributed by atoms with Gasteiger partial charge in [-0.25, -0.2) is 4.79 Å². The van der Waals surface area contributed by atoms with E-state index in [1.807, 2.05) is 34.1 Å². The molecule has 9 nitrogen and oxygen atoms in total. The standard InChI is InChI=1S/C29H35N3O6/c1-36-24-6-3-2-5-22(24)30-28(35)31-14-11-29(12-15-31)13-16-32(20-29)27(34)10-8-23(33)21-7-9-25-26(19-21)38-18-4-17-37-25/h2-3,5-7,9,19H,4,8,10-18,20H2,1H3,(H,30,35). The minimum atomic E-state index is -0.136. The molecule has 0 atom stereocenters. The molecule has 2 fully saturated rings. The molecule has 3 aliphatic heterocycles. The van der Waals surface area contributed by atoms with Crippen LogP contribution < -0.4 is 19.5 Å². The van der Waals surface area contributed by atoms with Gasteiger partial charge in [-0.15, -0.1) is 0 Å². The van der Waals surface area contributed by atoms with Gasteiger partial charge in [-0.1, -0.05) is 12.1 Å². The highest BCUT2D eigenvalue weighted by atomic mass is 16.5. The SMILES string of the molecule is COc1ccccc1NC(=O)N1CCC2(CCN(C(=O)CCC(=O)c3ccc4c(c3)OCCCO4)C2)CC1. The molecule has 0 radical (unpaired) electrons. The van der Waals surface area contributed by atoms with E-state index in [4.69, 9.17) is 14.2 Å². The number of rotatable bonds is 6. The molecule has 1 spiro atoms. The van der Waals surface area contributed by atoms with E-state index in [1.54, 1.807) is 25.3 Å². The van der Waals surface area contributed by atoms with Crippen LogP contribution in [0.25, 0.3) is 0 Å². The second-order valence-electron chi connectivity index (χ2n) is 10.3. The van der Waals surface area contributed by atoms with Crippen LogP contribution in [0.1, 0.15) is 48.9 Å². The van der Waals surface area contributed by atoms with Gasteiger partial charge >= 0.3 is 6.03 Å². The van der Waals surface area contributed by atoms with Crippen molar-refractivity contribution in [1.29, 1.82) is 0 Å². The Balaban J connectivity index is 1.09. The predicted octanol–water partition coefficient (Wildman–Crippen LogP) is 4.37. The van der Waals surface area contributed by atoms with Gasteiger partial charge in [-0.05, 0) is 55.0 Å². The first kappa shape index (κ1) is 25.9. The summed E-state index contributed by atoms with van der Waals surface area (Å²) in [5.41, 5.74) is 1.23. The molecule has 3 heterocycles. The van der Waals surface area contributed by atoms with Crippen LogP contribution in [0.4, 0.5) is 10.5 Å². The number of urea groups is 1. The van der Waals surface area contributed by atoms with Gasteiger partial charge in [-0.3, -0.25) is 9.59 Å². The number of fused-ring (bicyclic) bond motifs is 1. The fourth-order valence-corrected chi connectivity index (χ4v) is 5.54. The number of hydrogen-bond donors (Lipinski definition) is 1. The maximum Gasteiger partial charge on any atom is 0.321 e. The summed E-state index contributed by atoms with van der Waals surface area (Å²) in [7, 11) is 1.58. The number of anilines is 1. The lowest BCUT2D eigenvalue weighted by Gasteiger charge is -2.39. The van der Waals surface area contributed by atoms with E-state index >= 15 is 0 Å². The number of benzene rings is 2. The maximum atomic E-state index is 13.0. The van der Waals surface area contributed by atoms with Gasteiger partial charge < -0.3 is 29.3 Å². The maximum absolute atomic E-state index is 13.0. The van der Waals surface area contributed by atoms with E-state index in [2.05, 4.69) is 5.32 Å². The molecule has 0 bridgehead atoms. The van der Waals surface area contributed by atoms with Gasteiger partial charge in [0.25, 0.3) is 0 Å². The molecule has 5 rings (SSSR count). The Morgan fingerprint density at radius 1 is 0.921 bits per heavy atom. The van der Waals surface area contributed by atoms with E-state index in [0.29, 0.717) is 67.9 Å². The average Bonchev–Trinajstić information content (AvgIpc) is 3.20. The monoisotopic (exact) mass is 521 g/mol. The first-order valence-corrected chi connectivity index (χ1v) is 13.4. The van der Waals surface area contributed by atoms with Crippen molar-refractivity contribution in [2.75, 3.05) is 51.8 Å². The van der Waals surface area contributed by atoms with Crippen LogP contribution >= 0.6 is 0 Å². The van der Waals surface area contributed by atoms with E-state index in [1.165, 1.54) is 0 Å². The number of piperidine rings is 1. The molecule has 0 saturated carbocycles. The lowest BCUT2D eigenvalue weighted by molar-refractivity contribution is -0.130. The van der Waals surface area contributed by atoms with Gasteiger partial charge in [0.05, 0.1) is 26.0 Å². The number of ether oxygens (including phenoxy) is 3. The van der Waals surface area contributed by atoms with Gasteiger partial charge in [0.2, 0.25) is 5.91 Å². The highest BCUT2D eigenvalue weighted by molar-refractivity contribution is 5.98. The molecule has 38 heavy (non-hydrogen) atoms. The summed E-state index contributed by atoms with van der Waals surface area (Å²) >= 11 is 0. The topological polar surface area (TPSA) is 97.4 Å². The van der Waals surface area contributed by atoms with Crippen molar-refractivity contribution in [3.63, 3.8) is 0 Å². The minimum Gasteiger partial charge on any atom is -0.495 e. The molecule has 9 heteroatoms. The minimum absolute atomic E-state index is 0.0147. The lowest BCUT2D eigenvalue weighted by atomic mass is 9.78. The van der Waals surface area contributed by atoms with Crippen LogP contribution in [0.15, 0.2) is 42.5 Å². The number of ketones is 1. The Hall–Kier alpha value is -3.75. The summed E-state index contributed by atoms with van der Waals surface area (Å²) in [6.45, 7) is 3.83. The number of methoxy groups -OCH3 is 1. The van der Waals surface area contributed by atoms with Crippen molar-refractivity contribution in [3.8, 4) is 17.2 Å². The van der Waals surface area contributed by atoms with Crippen molar-refractivity contribution in [2.24, 2.45) is 5.41 Å². The number of amides is 3. The molecule has 0 unspecified atom stereocenters. The van der Waals surface area contributed by atoms with Gasteiger partial charge in [0.15, 0.2) is 17.3 Å². The van der Waals surface area contributed by atoms with Gasteiger partial charge in [-0.2, -0.15) is 0 Å². The fourth-order valence-electron chi connectivity index (χ4n) is 5.54. The number of para-hydroxylation sites is 2. The summed E-state index contributed by atoms with van der Waals surface area (Å²) in [6.07, 6.45) is 3.79. The predicted molar refractivity (Wildman–Crippen MR) is 142 cm³/mol. The zero-order valence-electron chi connectivity index (χ0n) is 21.9. The van der Waals surface area contributed by atoms with Crippen molar-refractivity contribution in [2.45, 2.75) is 38.5 Å². The van der Waals surface area contributed by atoms with Gasteiger partial charge in [0, 0.05) is 51.0 Å².